The number of aromatic nitrogens is 1. The van der Waals surface area contributed by atoms with Gasteiger partial charge < -0.3 is 9.94 Å². The summed E-state index contributed by atoms with van der Waals surface area (Å²) in [5, 5.41) is 13.4. The highest BCUT2D eigenvalue weighted by atomic mass is 16.5. The Hall–Kier alpha value is -3.14. The Labute approximate surface area is 166 Å². The first-order valence-corrected chi connectivity index (χ1v) is 9.54. The first kappa shape index (κ1) is 19.6. The van der Waals surface area contributed by atoms with Gasteiger partial charge in [-0.3, -0.25) is 4.98 Å². The van der Waals surface area contributed by atoms with Crippen LogP contribution in [-0.2, 0) is 0 Å². The number of oxime groups is 1. The van der Waals surface area contributed by atoms with Gasteiger partial charge in [0.15, 0.2) is 0 Å². The Morgan fingerprint density at radius 3 is 2.46 bits per heavy atom. The smallest absolute Gasteiger partial charge is 0.119 e. The van der Waals surface area contributed by atoms with Crippen LogP contribution in [0.1, 0.15) is 47.2 Å². The molecule has 0 unspecified atom stereocenters. The van der Waals surface area contributed by atoms with Gasteiger partial charge >= 0.3 is 0 Å². The van der Waals surface area contributed by atoms with Gasteiger partial charge in [-0.1, -0.05) is 41.6 Å². The molecule has 0 amide bonds. The lowest BCUT2D eigenvalue weighted by molar-refractivity contribution is 0.317. The van der Waals surface area contributed by atoms with Crippen LogP contribution in [0.3, 0.4) is 0 Å². The Balaban J connectivity index is 2.00. The molecule has 0 radical (unpaired) electrons. The molecule has 0 fully saturated rings. The second-order valence-electron chi connectivity index (χ2n) is 6.85. The summed E-state index contributed by atoms with van der Waals surface area (Å²) in [5.74, 6) is 0.923. The van der Waals surface area contributed by atoms with Crippen LogP contribution in [0.5, 0.6) is 5.75 Å². The van der Waals surface area contributed by atoms with Gasteiger partial charge in [-0.2, -0.15) is 0 Å². The van der Waals surface area contributed by atoms with Crippen molar-refractivity contribution in [2.75, 3.05) is 6.61 Å². The third kappa shape index (κ3) is 4.58. The van der Waals surface area contributed by atoms with Crippen molar-refractivity contribution in [1.82, 2.24) is 4.98 Å². The number of rotatable bonds is 7. The molecule has 0 bridgehead atoms. The predicted molar refractivity (Wildman–Crippen MR) is 113 cm³/mol. The standard InChI is InChI=1S/C24H26N2O2/c1-4-28-21-11-9-19(10-12-21)23(22-8-6-5-7-17(22)2)16-24(26-27)20-13-14-25-18(3)15-20/h5-15,23,27H,4,16H2,1-3H3/b26-24+/t23-/m1/s1. The summed E-state index contributed by atoms with van der Waals surface area (Å²) in [6.45, 7) is 6.67. The molecule has 3 aromatic rings. The fourth-order valence-corrected chi connectivity index (χ4v) is 3.48. The van der Waals surface area contributed by atoms with Gasteiger partial charge in [0.05, 0.1) is 12.3 Å². The quantitative estimate of drug-likeness (QED) is 0.338. The van der Waals surface area contributed by atoms with Crippen molar-refractivity contribution in [1.29, 1.82) is 0 Å². The van der Waals surface area contributed by atoms with E-state index in [0.717, 1.165) is 22.6 Å². The van der Waals surface area contributed by atoms with E-state index in [1.54, 1.807) is 6.20 Å². The lowest BCUT2D eigenvalue weighted by Gasteiger charge is -2.21. The maximum Gasteiger partial charge on any atom is 0.119 e. The van der Waals surface area contributed by atoms with Gasteiger partial charge in [-0.25, -0.2) is 0 Å². The van der Waals surface area contributed by atoms with Crippen molar-refractivity contribution in [3.63, 3.8) is 0 Å². The van der Waals surface area contributed by atoms with Crippen molar-refractivity contribution in [2.45, 2.75) is 33.1 Å². The zero-order valence-electron chi connectivity index (χ0n) is 16.6. The number of hydrogen-bond acceptors (Lipinski definition) is 4. The fourth-order valence-electron chi connectivity index (χ4n) is 3.48. The highest BCUT2D eigenvalue weighted by Crippen LogP contribution is 2.33. The molecule has 1 N–H and O–H groups in total. The maximum atomic E-state index is 9.74. The molecule has 0 aliphatic heterocycles. The first-order chi connectivity index (χ1) is 13.6. The van der Waals surface area contributed by atoms with Crippen molar-refractivity contribution in [3.05, 3.63) is 94.8 Å². The predicted octanol–water partition coefficient (Wildman–Crippen LogP) is 5.50. The average Bonchev–Trinajstić information content (AvgIpc) is 2.71. The molecule has 1 atom stereocenters. The largest absolute Gasteiger partial charge is 0.494 e. The summed E-state index contributed by atoms with van der Waals surface area (Å²) in [5.41, 5.74) is 6.02. The number of ether oxygens (including phenoxy) is 1. The molecular weight excluding hydrogens is 348 g/mol. The Morgan fingerprint density at radius 2 is 1.82 bits per heavy atom. The van der Waals surface area contributed by atoms with Crippen molar-refractivity contribution >= 4 is 5.71 Å². The molecule has 4 heteroatoms. The van der Waals surface area contributed by atoms with Crippen LogP contribution < -0.4 is 4.74 Å². The molecule has 1 heterocycles. The summed E-state index contributed by atoms with van der Waals surface area (Å²) in [6.07, 6.45) is 2.33. The summed E-state index contributed by atoms with van der Waals surface area (Å²) < 4.78 is 5.58. The summed E-state index contributed by atoms with van der Waals surface area (Å²) in [6, 6.07) is 20.4. The van der Waals surface area contributed by atoms with Crippen LogP contribution >= 0.6 is 0 Å². The normalized spacial score (nSPS) is 12.6. The number of hydrogen-bond donors (Lipinski definition) is 1. The monoisotopic (exact) mass is 374 g/mol. The van der Waals surface area contributed by atoms with Crippen molar-refractivity contribution in [3.8, 4) is 5.75 Å². The van der Waals surface area contributed by atoms with Gasteiger partial charge in [-0.05, 0) is 61.7 Å². The molecule has 0 saturated heterocycles. The number of nitrogens with zero attached hydrogens (tertiary/aromatic N) is 2. The topological polar surface area (TPSA) is 54.7 Å². The van der Waals surface area contributed by atoms with Crippen LogP contribution in [0.15, 0.2) is 72.0 Å². The molecule has 144 valence electrons. The summed E-state index contributed by atoms with van der Waals surface area (Å²) in [4.78, 5) is 4.24. The molecule has 0 saturated carbocycles. The van der Waals surface area contributed by atoms with E-state index in [4.69, 9.17) is 4.74 Å². The Kier molecular flexibility index (Phi) is 6.43. The minimum Gasteiger partial charge on any atom is -0.494 e. The van der Waals surface area contributed by atoms with E-state index in [2.05, 4.69) is 47.4 Å². The highest BCUT2D eigenvalue weighted by molar-refractivity contribution is 6.00. The minimum atomic E-state index is 0.0660. The zero-order chi connectivity index (χ0) is 19.9. The highest BCUT2D eigenvalue weighted by Gasteiger charge is 2.20. The lowest BCUT2D eigenvalue weighted by Crippen LogP contribution is -2.12. The van der Waals surface area contributed by atoms with Crippen LogP contribution in [-0.4, -0.2) is 22.5 Å². The second-order valence-corrected chi connectivity index (χ2v) is 6.85. The maximum absolute atomic E-state index is 9.74. The zero-order valence-corrected chi connectivity index (χ0v) is 16.6. The van der Waals surface area contributed by atoms with E-state index in [9.17, 15) is 5.21 Å². The van der Waals surface area contributed by atoms with Gasteiger partial charge in [0.25, 0.3) is 0 Å². The Bertz CT molecular complexity index is 949. The van der Waals surface area contributed by atoms with E-state index in [1.807, 2.05) is 44.2 Å². The van der Waals surface area contributed by atoms with Crippen LogP contribution in [0.4, 0.5) is 0 Å². The number of aryl methyl sites for hydroxylation is 2. The molecule has 4 nitrogen and oxygen atoms in total. The van der Waals surface area contributed by atoms with E-state index in [0.29, 0.717) is 18.7 Å². The third-order valence-electron chi connectivity index (χ3n) is 4.91. The van der Waals surface area contributed by atoms with Crippen molar-refractivity contribution < 1.29 is 9.94 Å². The molecule has 28 heavy (non-hydrogen) atoms. The van der Waals surface area contributed by atoms with Crippen LogP contribution in [0.25, 0.3) is 0 Å². The van der Waals surface area contributed by atoms with Gasteiger partial charge in [0.1, 0.15) is 5.75 Å². The molecule has 2 aromatic carbocycles. The fraction of sp³-hybridized carbons (Fsp3) is 0.250. The minimum absolute atomic E-state index is 0.0660. The number of pyridine rings is 1. The summed E-state index contributed by atoms with van der Waals surface area (Å²) >= 11 is 0. The van der Waals surface area contributed by atoms with Crippen molar-refractivity contribution in [2.24, 2.45) is 5.16 Å². The molecule has 1 aromatic heterocycles. The van der Waals surface area contributed by atoms with Crippen LogP contribution in [0, 0.1) is 13.8 Å². The van der Waals surface area contributed by atoms with E-state index >= 15 is 0 Å². The van der Waals surface area contributed by atoms with E-state index in [1.165, 1.54) is 11.1 Å². The number of benzene rings is 2. The van der Waals surface area contributed by atoms with Gasteiger partial charge in [0.2, 0.25) is 0 Å². The van der Waals surface area contributed by atoms with Gasteiger partial charge in [0, 0.05) is 29.8 Å². The third-order valence-corrected chi connectivity index (χ3v) is 4.91. The Morgan fingerprint density at radius 1 is 1.07 bits per heavy atom. The van der Waals surface area contributed by atoms with Gasteiger partial charge in [-0.15, -0.1) is 0 Å². The van der Waals surface area contributed by atoms with E-state index in [-0.39, 0.29) is 5.92 Å². The molecular formula is C24H26N2O2. The molecule has 0 aliphatic carbocycles. The molecule has 0 aliphatic rings. The SMILES string of the molecule is CCOc1ccc([C@@H](C/C(=N\O)c2ccnc(C)c2)c2ccccc2C)cc1. The lowest BCUT2D eigenvalue weighted by atomic mass is 9.83. The second kappa shape index (κ2) is 9.18. The van der Waals surface area contributed by atoms with Crippen LogP contribution in [0.2, 0.25) is 0 Å². The molecule has 3 rings (SSSR count). The first-order valence-electron chi connectivity index (χ1n) is 9.54. The average molecular weight is 374 g/mol. The molecule has 0 spiro atoms. The summed E-state index contributed by atoms with van der Waals surface area (Å²) in [7, 11) is 0. The van der Waals surface area contributed by atoms with E-state index < -0.39 is 0 Å².